The van der Waals surface area contributed by atoms with Crippen molar-refractivity contribution in [3.05, 3.63) is 0 Å². The van der Waals surface area contributed by atoms with Gasteiger partial charge >= 0.3 is 0 Å². The van der Waals surface area contributed by atoms with Crippen LogP contribution in [0.25, 0.3) is 0 Å². The van der Waals surface area contributed by atoms with Crippen molar-refractivity contribution in [2.24, 2.45) is 0 Å². The Morgan fingerprint density at radius 2 is 1.60 bits per heavy atom. The fourth-order valence-electron chi connectivity index (χ4n) is 1.19. The Hall–Kier alpha value is 0.354. The molecule has 1 N–H and O–H groups in total. The Kier molecular flexibility index (Phi) is 5.24. The minimum absolute atomic E-state index is 1.15. The number of rotatable bonds is 5. The molecule has 0 unspecified atom stereocenters. The van der Waals surface area contributed by atoms with Crippen LogP contribution in [-0.2, 0) is 4.12 Å². The maximum atomic E-state index is 8.75. The molecular formula is C6H18O2Si2. The first-order valence-corrected chi connectivity index (χ1v) is 7.73. The Labute approximate surface area is 66.8 Å². The molecule has 0 saturated heterocycles. The molecule has 0 amide bonds. The standard InChI is InChI=1S/C6H18O2Si2/c1-4-10(5-2,6-3)8-9-7/h7H,4-6,9H2,1-3H3. The van der Waals surface area contributed by atoms with Crippen LogP contribution < -0.4 is 0 Å². The largest absolute Gasteiger partial charge is 0.440 e. The fraction of sp³-hybridized carbons (Fsp3) is 1.00. The molecule has 0 aromatic rings. The van der Waals surface area contributed by atoms with Crippen LogP contribution in [0.5, 0.6) is 0 Å². The van der Waals surface area contributed by atoms with Crippen LogP contribution in [0.2, 0.25) is 18.1 Å². The Bertz CT molecular complexity index is 75.6. The third-order valence-corrected chi connectivity index (χ3v) is 9.14. The first kappa shape index (κ1) is 10.4. The summed E-state index contributed by atoms with van der Waals surface area (Å²) in [5.74, 6) is 0. The van der Waals surface area contributed by atoms with Crippen molar-refractivity contribution in [2.75, 3.05) is 0 Å². The van der Waals surface area contributed by atoms with E-state index in [4.69, 9.17) is 8.91 Å². The lowest BCUT2D eigenvalue weighted by Crippen LogP contribution is -2.37. The van der Waals surface area contributed by atoms with Gasteiger partial charge in [0.05, 0.1) is 0 Å². The predicted molar refractivity (Wildman–Crippen MR) is 49.0 cm³/mol. The third kappa shape index (κ3) is 2.53. The second kappa shape index (κ2) is 5.06. The molecule has 0 aliphatic rings. The van der Waals surface area contributed by atoms with Gasteiger partial charge in [-0.3, -0.25) is 0 Å². The molecule has 0 aromatic heterocycles. The lowest BCUT2D eigenvalue weighted by atomic mass is 10.9. The SMILES string of the molecule is CC[Si](CC)(CC)O[SiH2]O. The molecule has 0 aromatic carbocycles. The summed E-state index contributed by atoms with van der Waals surface area (Å²) < 4.78 is 5.51. The smallest absolute Gasteiger partial charge is 0.291 e. The van der Waals surface area contributed by atoms with E-state index in [1.807, 2.05) is 0 Å². The second-order valence-corrected chi connectivity index (χ2v) is 8.42. The van der Waals surface area contributed by atoms with Gasteiger partial charge < -0.3 is 8.91 Å². The van der Waals surface area contributed by atoms with Gasteiger partial charge in [0.15, 0.2) is 8.32 Å². The molecule has 0 aliphatic heterocycles. The van der Waals surface area contributed by atoms with Crippen molar-refractivity contribution in [2.45, 2.75) is 38.9 Å². The highest BCUT2D eigenvalue weighted by Gasteiger charge is 2.27. The molecule has 2 nitrogen and oxygen atoms in total. The van der Waals surface area contributed by atoms with Gasteiger partial charge in [0.2, 0.25) is 0 Å². The Morgan fingerprint density at radius 1 is 1.20 bits per heavy atom. The molecule has 0 heterocycles. The van der Waals surface area contributed by atoms with Crippen molar-refractivity contribution < 1.29 is 8.91 Å². The van der Waals surface area contributed by atoms with E-state index in [2.05, 4.69) is 20.8 Å². The minimum Gasteiger partial charge on any atom is -0.440 e. The molecule has 0 rings (SSSR count). The summed E-state index contributed by atoms with van der Waals surface area (Å²) in [4.78, 5) is 8.75. The second-order valence-electron chi connectivity index (χ2n) is 2.52. The van der Waals surface area contributed by atoms with Gasteiger partial charge in [-0.15, -0.1) is 0 Å². The highest BCUT2D eigenvalue weighted by molar-refractivity contribution is 6.76. The number of hydrogen-bond donors (Lipinski definition) is 1. The van der Waals surface area contributed by atoms with E-state index in [0.29, 0.717) is 0 Å². The van der Waals surface area contributed by atoms with Crippen LogP contribution >= 0.6 is 0 Å². The quantitative estimate of drug-likeness (QED) is 0.637. The molecule has 0 saturated carbocycles. The zero-order chi connectivity index (χ0) is 8.04. The lowest BCUT2D eigenvalue weighted by Gasteiger charge is -2.26. The van der Waals surface area contributed by atoms with Crippen molar-refractivity contribution in [3.63, 3.8) is 0 Å². The molecule has 4 heteroatoms. The number of hydrogen-bond acceptors (Lipinski definition) is 2. The van der Waals surface area contributed by atoms with E-state index in [0.717, 1.165) is 18.1 Å². The molecule has 0 aliphatic carbocycles. The van der Waals surface area contributed by atoms with Gasteiger partial charge in [0.1, 0.15) is 0 Å². The highest BCUT2D eigenvalue weighted by atomic mass is 28.4. The molecule has 10 heavy (non-hydrogen) atoms. The van der Waals surface area contributed by atoms with Gasteiger partial charge in [-0.1, -0.05) is 20.8 Å². The van der Waals surface area contributed by atoms with E-state index in [9.17, 15) is 0 Å². The molecule has 0 bridgehead atoms. The average molecular weight is 178 g/mol. The summed E-state index contributed by atoms with van der Waals surface area (Å²) in [5.41, 5.74) is 0. The van der Waals surface area contributed by atoms with Gasteiger partial charge in [0, 0.05) is 0 Å². The molecule has 0 fully saturated rings. The van der Waals surface area contributed by atoms with Crippen molar-refractivity contribution in [3.8, 4) is 0 Å². The summed E-state index contributed by atoms with van der Waals surface area (Å²) in [7, 11) is -2.57. The Balaban J connectivity index is 3.87. The van der Waals surface area contributed by atoms with Crippen LogP contribution in [0.4, 0.5) is 0 Å². The maximum absolute atomic E-state index is 8.75. The van der Waals surface area contributed by atoms with Crippen LogP contribution in [-0.4, -0.2) is 23.1 Å². The highest BCUT2D eigenvalue weighted by Crippen LogP contribution is 2.20. The monoisotopic (exact) mass is 178 g/mol. The average Bonchev–Trinajstić information content (AvgIpc) is 2.01. The normalized spacial score (nSPS) is 13.2. The molecule has 0 atom stereocenters. The van der Waals surface area contributed by atoms with Crippen LogP contribution in [0.15, 0.2) is 0 Å². The first-order valence-electron chi connectivity index (χ1n) is 3.99. The lowest BCUT2D eigenvalue weighted by molar-refractivity contribution is 0.441. The van der Waals surface area contributed by atoms with Crippen molar-refractivity contribution in [1.82, 2.24) is 0 Å². The third-order valence-electron chi connectivity index (χ3n) is 2.30. The molecular weight excluding hydrogens is 160 g/mol. The first-order chi connectivity index (χ1) is 4.74. The van der Waals surface area contributed by atoms with Crippen LogP contribution in [0, 0.1) is 0 Å². The van der Waals surface area contributed by atoms with Gasteiger partial charge in [-0.05, 0) is 18.1 Å². The summed E-state index contributed by atoms with van der Waals surface area (Å²) in [6, 6.07) is 3.44. The van der Waals surface area contributed by atoms with Crippen molar-refractivity contribution >= 4 is 18.3 Å². The predicted octanol–water partition coefficient (Wildman–Crippen LogP) is 0.999. The molecule has 0 spiro atoms. The maximum Gasteiger partial charge on any atom is 0.291 e. The fourth-order valence-corrected chi connectivity index (χ4v) is 6.24. The van der Waals surface area contributed by atoms with E-state index in [1.165, 1.54) is 0 Å². The summed E-state index contributed by atoms with van der Waals surface area (Å²) in [6.45, 7) is 6.51. The minimum atomic E-state index is -1.41. The van der Waals surface area contributed by atoms with Gasteiger partial charge in [-0.2, -0.15) is 0 Å². The van der Waals surface area contributed by atoms with E-state index >= 15 is 0 Å². The molecule has 0 radical (unpaired) electrons. The van der Waals surface area contributed by atoms with E-state index < -0.39 is 18.3 Å². The summed E-state index contributed by atoms with van der Waals surface area (Å²) in [6.07, 6.45) is 0. The summed E-state index contributed by atoms with van der Waals surface area (Å²) >= 11 is 0. The van der Waals surface area contributed by atoms with Gasteiger partial charge in [0.25, 0.3) is 10.0 Å². The van der Waals surface area contributed by atoms with Gasteiger partial charge in [-0.25, -0.2) is 0 Å². The van der Waals surface area contributed by atoms with E-state index in [1.54, 1.807) is 0 Å². The van der Waals surface area contributed by atoms with Crippen LogP contribution in [0.1, 0.15) is 20.8 Å². The summed E-state index contributed by atoms with van der Waals surface area (Å²) in [5, 5.41) is 0. The van der Waals surface area contributed by atoms with Crippen LogP contribution in [0.3, 0.4) is 0 Å². The van der Waals surface area contributed by atoms with Crippen molar-refractivity contribution in [1.29, 1.82) is 0 Å². The molecule has 62 valence electrons. The van der Waals surface area contributed by atoms with E-state index in [-0.39, 0.29) is 0 Å². The zero-order valence-corrected chi connectivity index (χ0v) is 9.60. The Morgan fingerprint density at radius 3 is 1.70 bits per heavy atom. The topological polar surface area (TPSA) is 29.5 Å². The zero-order valence-electron chi connectivity index (χ0n) is 7.18.